The maximum Gasteiger partial charge on any atom is 0.248 e. The standard InChI is InChI=1S/C11H13N3OS/c1-6-8(4-5-9(15)13-6)10-7(2)16-11(12-3)14-10/h4-5H,1-3H3,(H,12,14)(H,13,15). The molecule has 0 aliphatic heterocycles. The Morgan fingerprint density at radius 1 is 1.38 bits per heavy atom. The fourth-order valence-corrected chi connectivity index (χ4v) is 2.37. The summed E-state index contributed by atoms with van der Waals surface area (Å²) in [5.41, 5.74) is 2.68. The lowest BCUT2D eigenvalue weighted by molar-refractivity contribution is 1.14. The molecular weight excluding hydrogens is 222 g/mol. The lowest BCUT2D eigenvalue weighted by atomic mass is 10.1. The number of pyridine rings is 1. The van der Waals surface area contributed by atoms with Crippen LogP contribution in [0, 0.1) is 13.8 Å². The Morgan fingerprint density at radius 2 is 2.12 bits per heavy atom. The smallest absolute Gasteiger partial charge is 0.248 e. The first kappa shape index (κ1) is 10.9. The van der Waals surface area contributed by atoms with E-state index in [4.69, 9.17) is 0 Å². The summed E-state index contributed by atoms with van der Waals surface area (Å²) in [5.74, 6) is 0. The van der Waals surface area contributed by atoms with E-state index >= 15 is 0 Å². The molecule has 2 aromatic rings. The molecular formula is C11H13N3OS. The first-order chi connectivity index (χ1) is 7.61. The van der Waals surface area contributed by atoms with Crippen molar-refractivity contribution >= 4 is 16.5 Å². The van der Waals surface area contributed by atoms with Gasteiger partial charge in [-0.25, -0.2) is 4.98 Å². The number of H-pyrrole nitrogens is 1. The molecule has 84 valence electrons. The Kier molecular flexibility index (Phi) is 2.78. The van der Waals surface area contributed by atoms with Gasteiger partial charge in [0.05, 0.1) is 5.69 Å². The van der Waals surface area contributed by atoms with Crippen molar-refractivity contribution in [3.8, 4) is 11.3 Å². The fraction of sp³-hybridized carbons (Fsp3) is 0.273. The van der Waals surface area contributed by atoms with Gasteiger partial charge in [0.1, 0.15) is 0 Å². The molecule has 0 radical (unpaired) electrons. The van der Waals surface area contributed by atoms with Gasteiger partial charge in [-0.3, -0.25) is 4.79 Å². The number of aromatic amines is 1. The van der Waals surface area contributed by atoms with E-state index in [0.29, 0.717) is 0 Å². The molecule has 16 heavy (non-hydrogen) atoms. The van der Waals surface area contributed by atoms with Crippen LogP contribution in [0.1, 0.15) is 10.6 Å². The molecule has 0 saturated heterocycles. The summed E-state index contributed by atoms with van der Waals surface area (Å²) >= 11 is 1.61. The van der Waals surface area contributed by atoms with Gasteiger partial charge in [-0.2, -0.15) is 0 Å². The zero-order valence-corrected chi connectivity index (χ0v) is 10.2. The number of aromatic nitrogens is 2. The van der Waals surface area contributed by atoms with Crippen molar-refractivity contribution in [2.45, 2.75) is 13.8 Å². The normalized spacial score (nSPS) is 10.4. The summed E-state index contributed by atoms with van der Waals surface area (Å²) in [4.78, 5) is 19.5. The lowest BCUT2D eigenvalue weighted by Crippen LogP contribution is -2.05. The van der Waals surface area contributed by atoms with E-state index in [0.717, 1.165) is 27.0 Å². The van der Waals surface area contributed by atoms with Crippen LogP contribution in [0.3, 0.4) is 0 Å². The number of aryl methyl sites for hydroxylation is 2. The predicted octanol–water partition coefficient (Wildman–Crippen LogP) is 2.16. The summed E-state index contributed by atoms with van der Waals surface area (Å²) in [6, 6.07) is 3.34. The highest BCUT2D eigenvalue weighted by atomic mass is 32.1. The Bertz CT molecular complexity index is 571. The number of nitrogens with one attached hydrogen (secondary N) is 2. The molecule has 0 aliphatic rings. The van der Waals surface area contributed by atoms with Crippen LogP contribution in [0.2, 0.25) is 0 Å². The summed E-state index contributed by atoms with van der Waals surface area (Å²) in [5, 5.41) is 3.91. The van der Waals surface area contributed by atoms with E-state index in [9.17, 15) is 4.79 Å². The summed E-state index contributed by atoms with van der Waals surface area (Å²) in [6.07, 6.45) is 0. The van der Waals surface area contributed by atoms with Crippen molar-refractivity contribution in [1.29, 1.82) is 0 Å². The number of nitrogens with zero attached hydrogens (tertiary/aromatic N) is 1. The van der Waals surface area contributed by atoms with Crippen LogP contribution in [0.4, 0.5) is 5.13 Å². The summed E-state index contributed by atoms with van der Waals surface area (Å²) < 4.78 is 0. The minimum Gasteiger partial charge on any atom is -0.365 e. The van der Waals surface area contributed by atoms with Gasteiger partial charge in [-0.1, -0.05) is 0 Å². The lowest BCUT2D eigenvalue weighted by Gasteiger charge is -2.02. The highest BCUT2D eigenvalue weighted by Gasteiger charge is 2.11. The second kappa shape index (κ2) is 4.09. The van der Waals surface area contributed by atoms with Gasteiger partial charge in [0.15, 0.2) is 5.13 Å². The molecule has 2 heterocycles. The molecule has 0 bridgehead atoms. The summed E-state index contributed by atoms with van der Waals surface area (Å²) in [7, 11) is 1.85. The number of rotatable bonds is 2. The number of thiazole rings is 1. The van der Waals surface area contributed by atoms with Crippen molar-refractivity contribution in [2.24, 2.45) is 0 Å². The van der Waals surface area contributed by atoms with Gasteiger partial charge in [-0.15, -0.1) is 11.3 Å². The van der Waals surface area contributed by atoms with Crippen LogP contribution in [0.5, 0.6) is 0 Å². The number of hydrogen-bond acceptors (Lipinski definition) is 4. The minimum absolute atomic E-state index is 0.0806. The first-order valence-corrected chi connectivity index (χ1v) is 5.79. The molecule has 2 N–H and O–H groups in total. The highest BCUT2D eigenvalue weighted by molar-refractivity contribution is 7.15. The van der Waals surface area contributed by atoms with Crippen molar-refractivity contribution < 1.29 is 0 Å². The van der Waals surface area contributed by atoms with Gasteiger partial charge >= 0.3 is 0 Å². The average molecular weight is 235 g/mol. The Morgan fingerprint density at radius 3 is 2.69 bits per heavy atom. The van der Waals surface area contributed by atoms with Gasteiger partial charge in [0.2, 0.25) is 5.56 Å². The topological polar surface area (TPSA) is 57.8 Å². The molecule has 0 aromatic carbocycles. The van der Waals surface area contributed by atoms with E-state index in [-0.39, 0.29) is 5.56 Å². The van der Waals surface area contributed by atoms with Gasteiger partial charge < -0.3 is 10.3 Å². The van der Waals surface area contributed by atoms with E-state index in [1.54, 1.807) is 11.3 Å². The van der Waals surface area contributed by atoms with Gasteiger partial charge in [0, 0.05) is 29.2 Å². The van der Waals surface area contributed by atoms with Gasteiger partial charge in [-0.05, 0) is 19.9 Å². The Labute approximate surface area is 97.4 Å². The third-order valence-electron chi connectivity index (χ3n) is 2.38. The maximum atomic E-state index is 11.1. The van der Waals surface area contributed by atoms with Crippen molar-refractivity contribution in [3.63, 3.8) is 0 Å². The molecule has 0 aliphatic carbocycles. The van der Waals surface area contributed by atoms with Crippen molar-refractivity contribution in [1.82, 2.24) is 9.97 Å². The molecule has 0 atom stereocenters. The van der Waals surface area contributed by atoms with E-state index in [1.165, 1.54) is 6.07 Å². The first-order valence-electron chi connectivity index (χ1n) is 4.97. The largest absolute Gasteiger partial charge is 0.365 e. The second-order valence-corrected chi connectivity index (χ2v) is 4.74. The highest BCUT2D eigenvalue weighted by Crippen LogP contribution is 2.30. The van der Waals surface area contributed by atoms with Crippen LogP contribution in [0.25, 0.3) is 11.3 Å². The molecule has 0 saturated carbocycles. The third-order valence-corrected chi connectivity index (χ3v) is 3.37. The van der Waals surface area contributed by atoms with Crippen LogP contribution >= 0.6 is 11.3 Å². The van der Waals surface area contributed by atoms with Crippen LogP contribution in [-0.4, -0.2) is 17.0 Å². The SMILES string of the molecule is CNc1nc(-c2ccc(=O)[nH]c2C)c(C)s1. The average Bonchev–Trinajstić information content (AvgIpc) is 2.60. The third kappa shape index (κ3) is 1.86. The monoisotopic (exact) mass is 235 g/mol. The van der Waals surface area contributed by atoms with Crippen LogP contribution in [0.15, 0.2) is 16.9 Å². The van der Waals surface area contributed by atoms with Crippen molar-refractivity contribution in [3.05, 3.63) is 33.1 Å². The van der Waals surface area contributed by atoms with Crippen LogP contribution < -0.4 is 10.9 Å². The van der Waals surface area contributed by atoms with E-state index < -0.39 is 0 Å². The van der Waals surface area contributed by atoms with Crippen LogP contribution in [-0.2, 0) is 0 Å². The van der Waals surface area contributed by atoms with Gasteiger partial charge in [0.25, 0.3) is 0 Å². The fourth-order valence-electron chi connectivity index (χ4n) is 1.59. The zero-order chi connectivity index (χ0) is 11.7. The number of anilines is 1. The Hall–Kier alpha value is -1.62. The summed E-state index contributed by atoms with van der Waals surface area (Å²) in [6.45, 7) is 3.91. The van der Waals surface area contributed by atoms with E-state index in [2.05, 4.69) is 15.3 Å². The molecule has 5 heteroatoms. The number of hydrogen-bond donors (Lipinski definition) is 2. The molecule has 2 rings (SSSR count). The second-order valence-electron chi connectivity index (χ2n) is 3.54. The quantitative estimate of drug-likeness (QED) is 0.838. The van der Waals surface area contributed by atoms with Crippen molar-refractivity contribution in [2.75, 3.05) is 12.4 Å². The Balaban J connectivity index is 2.58. The molecule has 0 unspecified atom stereocenters. The molecule has 0 spiro atoms. The minimum atomic E-state index is -0.0806. The molecule has 0 amide bonds. The molecule has 2 aromatic heterocycles. The van der Waals surface area contributed by atoms with E-state index in [1.807, 2.05) is 27.0 Å². The maximum absolute atomic E-state index is 11.1. The molecule has 4 nitrogen and oxygen atoms in total. The molecule has 0 fully saturated rings. The predicted molar refractivity (Wildman–Crippen MR) is 67.2 cm³/mol. The zero-order valence-electron chi connectivity index (χ0n) is 9.42.